The van der Waals surface area contributed by atoms with Crippen LogP contribution < -0.4 is 0 Å². The number of hydrogen-bond donors (Lipinski definition) is 0. The Hall–Kier alpha value is -1.83. The van der Waals surface area contributed by atoms with Crippen LogP contribution in [0.3, 0.4) is 0 Å². The summed E-state index contributed by atoms with van der Waals surface area (Å²) in [7, 11) is 0. The van der Waals surface area contributed by atoms with Gasteiger partial charge in [0.05, 0.1) is 5.70 Å². The van der Waals surface area contributed by atoms with E-state index in [2.05, 4.69) is 6.58 Å². The molecule has 0 saturated heterocycles. The lowest BCUT2D eigenvalue weighted by molar-refractivity contribution is 0.522. The van der Waals surface area contributed by atoms with Gasteiger partial charge in [-0.05, 0) is 31.2 Å². The van der Waals surface area contributed by atoms with Crippen molar-refractivity contribution in [3.8, 4) is 0 Å². The van der Waals surface area contributed by atoms with Crippen LogP contribution in [-0.4, -0.2) is 11.4 Å². The third kappa shape index (κ3) is 1.78. The van der Waals surface area contributed by atoms with Gasteiger partial charge in [0.25, 0.3) is 0 Å². The molecule has 0 unspecified atom stereocenters. The van der Waals surface area contributed by atoms with Crippen LogP contribution in [0.1, 0.15) is 12.5 Å². The highest BCUT2D eigenvalue weighted by molar-refractivity contribution is 5.69. The predicted molar refractivity (Wildman–Crippen MR) is 65.0 cm³/mol. The summed E-state index contributed by atoms with van der Waals surface area (Å²) in [6.07, 6.45) is 5.74. The fraction of sp³-hybridized carbons (Fsp3) is 0.143. The van der Waals surface area contributed by atoms with Gasteiger partial charge in [-0.3, -0.25) is 0 Å². The fourth-order valence-corrected chi connectivity index (χ4v) is 1.86. The molecular weight excluding hydrogens is 201 g/mol. The van der Waals surface area contributed by atoms with Gasteiger partial charge < -0.3 is 4.90 Å². The van der Waals surface area contributed by atoms with E-state index in [-0.39, 0.29) is 5.82 Å². The fourth-order valence-electron chi connectivity index (χ4n) is 1.86. The number of likely N-dealkylation sites (N-methyl/N-ethyl adjacent to an activating group) is 1. The van der Waals surface area contributed by atoms with Crippen LogP contribution in [0.4, 0.5) is 4.39 Å². The van der Waals surface area contributed by atoms with E-state index >= 15 is 0 Å². The molecule has 0 saturated carbocycles. The molecule has 1 aliphatic heterocycles. The molecule has 2 rings (SSSR count). The summed E-state index contributed by atoms with van der Waals surface area (Å²) in [6.45, 7) is 6.76. The Balaban J connectivity index is 2.47. The van der Waals surface area contributed by atoms with Gasteiger partial charge in [0.1, 0.15) is 5.82 Å². The summed E-state index contributed by atoms with van der Waals surface area (Å²) in [5.41, 5.74) is 2.38. The highest BCUT2D eigenvalue weighted by atomic mass is 19.1. The zero-order valence-corrected chi connectivity index (χ0v) is 9.28. The molecule has 0 aromatic heterocycles. The van der Waals surface area contributed by atoms with Gasteiger partial charge in [-0.2, -0.15) is 0 Å². The molecule has 0 spiro atoms. The zero-order valence-electron chi connectivity index (χ0n) is 9.28. The van der Waals surface area contributed by atoms with E-state index in [1.807, 2.05) is 36.1 Å². The quantitative estimate of drug-likeness (QED) is 0.729. The van der Waals surface area contributed by atoms with Crippen LogP contribution in [-0.2, 0) is 0 Å². The highest BCUT2D eigenvalue weighted by Gasteiger charge is 2.16. The summed E-state index contributed by atoms with van der Waals surface area (Å²) < 4.78 is 13.7. The van der Waals surface area contributed by atoms with Crippen molar-refractivity contribution in [1.82, 2.24) is 4.90 Å². The van der Waals surface area contributed by atoms with Gasteiger partial charge in [-0.25, -0.2) is 4.39 Å². The molecular formula is C14H14FN. The van der Waals surface area contributed by atoms with Crippen molar-refractivity contribution in [2.75, 3.05) is 6.54 Å². The minimum absolute atomic E-state index is 0.199. The second-order valence-corrected chi connectivity index (χ2v) is 3.63. The monoisotopic (exact) mass is 215 g/mol. The van der Waals surface area contributed by atoms with E-state index in [1.165, 1.54) is 6.07 Å². The highest BCUT2D eigenvalue weighted by Crippen LogP contribution is 2.27. The number of allylic oxidation sites excluding steroid dienone is 3. The Morgan fingerprint density at radius 1 is 1.31 bits per heavy atom. The summed E-state index contributed by atoms with van der Waals surface area (Å²) in [6, 6.07) is 6.80. The summed E-state index contributed by atoms with van der Waals surface area (Å²) in [5.74, 6) is -0.199. The maximum absolute atomic E-state index is 13.7. The average Bonchev–Trinajstić information content (AvgIpc) is 2.29. The molecule has 1 heterocycles. The standard InChI is InChI=1S/C14H14FN/c1-3-16-11(2)7-6-10-14(16)12-8-4-5-9-13(12)15/h4-10H,2-3H2,1H3. The first-order valence-corrected chi connectivity index (χ1v) is 5.33. The Labute approximate surface area is 95.2 Å². The average molecular weight is 215 g/mol. The van der Waals surface area contributed by atoms with Crippen LogP contribution in [0.5, 0.6) is 0 Å². The lowest BCUT2D eigenvalue weighted by Crippen LogP contribution is -2.21. The van der Waals surface area contributed by atoms with E-state index < -0.39 is 0 Å². The normalized spacial score (nSPS) is 15.2. The third-order valence-electron chi connectivity index (χ3n) is 2.65. The van der Waals surface area contributed by atoms with Crippen LogP contribution in [0, 0.1) is 5.82 Å². The molecule has 0 amide bonds. The van der Waals surface area contributed by atoms with Gasteiger partial charge in [0.15, 0.2) is 0 Å². The van der Waals surface area contributed by atoms with E-state index in [9.17, 15) is 4.39 Å². The molecule has 1 nitrogen and oxygen atoms in total. The van der Waals surface area contributed by atoms with Crippen LogP contribution in [0.25, 0.3) is 5.70 Å². The number of hydrogen-bond acceptors (Lipinski definition) is 1. The summed E-state index contributed by atoms with van der Waals surface area (Å²) in [5, 5.41) is 0. The Morgan fingerprint density at radius 3 is 2.75 bits per heavy atom. The molecule has 0 N–H and O–H groups in total. The van der Waals surface area contributed by atoms with Crippen molar-refractivity contribution in [3.05, 3.63) is 66.2 Å². The number of rotatable bonds is 2. The molecule has 0 bridgehead atoms. The second kappa shape index (κ2) is 4.35. The maximum Gasteiger partial charge on any atom is 0.132 e. The minimum Gasteiger partial charge on any atom is -0.342 e. The topological polar surface area (TPSA) is 3.24 Å². The molecule has 0 aliphatic carbocycles. The van der Waals surface area contributed by atoms with Gasteiger partial charge in [-0.15, -0.1) is 0 Å². The first-order valence-electron chi connectivity index (χ1n) is 5.33. The van der Waals surface area contributed by atoms with Crippen molar-refractivity contribution >= 4 is 5.70 Å². The minimum atomic E-state index is -0.199. The first-order chi connectivity index (χ1) is 7.74. The molecule has 82 valence electrons. The lowest BCUT2D eigenvalue weighted by Gasteiger charge is -2.29. The molecule has 0 fully saturated rings. The molecule has 16 heavy (non-hydrogen) atoms. The number of halogens is 1. The van der Waals surface area contributed by atoms with Crippen molar-refractivity contribution in [2.24, 2.45) is 0 Å². The van der Waals surface area contributed by atoms with E-state index in [0.717, 1.165) is 17.9 Å². The first kappa shape index (κ1) is 10.7. The van der Waals surface area contributed by atoms with Crippen molar-refractivity contribution in [1.29, 1.82) is 0 Å². The van der Waals surface area contributed by atoms with Gasteiger partial charge >= 0.3 is 0 Å². The van der Waals surface area contributed by atoms with Crippen molar-refractivity contribution in [2.45, 2.75) is 6.92 Å². The largest absolute Gasteiger partial charge is 0.342 e. The SMILES string of the molecule is C=C1C=CC=C(c2ccccc2F)N1CC. The van der Waals surface area contributed by atoms with Gasteiger partial charge in [0.2, 0.25) is 0 Å². The van der Waals surface area contributed by atoms with Crippen LogP contribution in [0.2, 0.25) is 0 Å². The van der Waals surface area contributed by atoms with Crippen molar-refractivity contribution in [3.63, 3.8) is 0 Å². The molecule has 1 aromatic rings. The second-order valence-electron chi connectivity index (χ2n) is 3.63. The molecule has 1 aliphatic rings. The smallest absolute Gasteiger partial charge is 0.132 e. The van der Waals surface area contributed by atoms with Crippen molar-refractivity contribution < 1.29 is 4.39 Å². The summed E-state index contributed by atoms with van der Waals surface area (Å²) >= 11 is 0. The molecule has 1 aromatic carbocycles. The van der Waals surface area contributed by atoms with Crippen LogP contribution >= 0.6 is 0 Å². The van der Waals surface area contributed by atoms with E-state index in [1.54, 1.807) is 12.1 Å². The summed E-state index contributed by atoms with van der Waals surface area (Å²) in [4.78, 5) is 2.00. The maximum atomic E-state index is 13.7. The predicted octanol–water partition coefficient (Wildman–Crippen LogP) is 3.57. The number of benzene rings is 1. The van der Waals surface area contributed by atoms with E-state index in [4.69, 9.17) is 0 Å². The molecule has 0 atom stereocenters. The number of nitrogens with zero attached hydrogens (tertiary/aromatic N) is 1. The lowest BCUT2D eigenvalue weighted by atomic mass is 10.1. The van der Waals surface area contributed by atoms with E-state index in [0.29, 0.717) is 5.56 Å². The molecule has 0 radical (unpaired) electrons. The van der Waals surface area contributed by atoms with Gasteiger partial charge in [0, 0.05) is 17.8 Å². The Kier molecular flexibility index (Phi) is 2.91. The Morgan fingerprint density at radius 2 is 2.06 bits per heavy atom. The third-order valence-corrected chi connectivity index (χ3v) is 2.65. The zero-order chi connectivity index (χ0) is 11.5. The van der Waals surface area contributed by atoms with Gasteiger partial charge in [-0.1, -0.05) is 24.8 Å². The molecule has 2 heteroatoms. The Bertz CT molecular complexity index is 471. The van der Waals surface area contributed by atoms with Crippen LogP contribution in [0.15, 0.2) is 54.8 Å².